The van der Waals surface area contributed by atoms with Crippen molar-refractivity contribution in [2.24, 2.45) is 0 Å². The van der Waals surface area contributed by atoms with Gasteiger partial charge in [0.1, 0.15) is 11.2 Å². The third kappa shape index (κ3) is 2.73. The number of likely N-dealkylation sites (N-methyl/N-ethyl adjacent to an activating group) is 1. The molecule has 0 bridgehead atoms. The van der Waals surface area contributed by atoms with Gasteiger partial charge in [-0.15, -0.1) is 11.3 Å². The minimum Gasteiger partial charge on any atom is -0.504 e. The van der Waals surface area contributed by atoms with Gasteiger partial charge in [-0.25, -0.2) is 0 Å². The van der Waals surface area contributed by atoms with Gasteiger partial charge in [-0.2, -0.15) is 0 Å². The number of rotatable bonds is 3. The molecule has 25 heavy (non-hydrogen) atoms. The number of hydrogen-bond acceptors (Lipinski definition) is 6. The summed E-state index contributed by atoms with van der Waals surface area (Å²) in [7, 11) is 1.51. The molecule has 0 aliphatic carbocycles. The van der Waals surface area contributed by atoms with Crippen LogP contribution in [-0.4, -0.2) is 36.1 Å². The predicted octanol–water partition coefficient (Wildman–Crippen LogP) is 2.69. The zero-order valence-electron chi connectivity index (χ0n) is 14.3. The van der Waals surface area contributed by atoms with Crippen LogP contribution in [0.3, 0.4) is 0 Å². The molecule has 0 fully saturated rings. The highest BCUT2D eigenvalue weighted by Crippen LogP contribution is 2.41. The number of fused-ring (bicyclic) bond motifs is 3. The number of phenolic OH excluding ortho intramolecular Hbond substituents is 1. The van der Waals surface area contributed by atoms with Crippen molar-refractivity contribution >= 4 is 22.2 Å². The average molecular weight is 359 g/mol. The Morgan fingerprint density at radius 3 is 3.00 bits per heavy atom. The fourth-order valence-electron chi connectivity index (χ4n) is 3.48. The molecule has 2 aromatic rings. The number of carbonyl (C=O) groups excluding carboxylic acids is 1. The van der Waals surface area contributed by atoms with Gasteiger partial charge in [-0.1, -0.05) is 13.0 Å². The largest absolute Gasteiger partial charge is 0.504 e. The molecule has 0 saturated heterocycles. The Balaban J connectivity index is 1.66. The lowest BCUT2D eigenvalue weighted by molar-refractivity contribution is 0.0934. The maximum Gasteiger partial charge on any atom is 0.256 e. The number of aromatic hydroxyl groups is 1. The van der Waals surface area contributed by atoms with Crippen molar-refractivity contribution in [1.29, 1.82) is 0 Å². The summed E-state index contributed by atoms with van der Waals surface area (Å²) < 4.78 is 5.17. The standard InChI is InChI=1S/C18H21N3O3S/c1-3-21-7-6-11-14(9-21)25-18-15(11)17(23)19-16(20-18)10-4-5-12(22)13(8-10)24-2/h4-5,8,16,20,22H,3,6-7,9H2,1-2H3,(H,19,23). The summed E-state index contributed by atoms with van der Waals surface area (Å²) in [5.74, 6) is 0.442. The van der Waals surface area contributed by atoms with Gasteiger partial charge >= 0.3 is 0 Å². The SMILES string of the molecule is CCN1CCc2c(sc3c2C(=O)NC(c2ccc(O)c(OC)c2)N3)C1. The monoisotopic (exact) mass is 359 g/mol. The van der Waals surface area contributed by atoms with Crippen LogP contribution in [0.15, 0.2) is 18.2 Å². The predicted molar refractivity (Wildman–Crippen MR) is 97.5 cm³/mol. The number of phenols is 1. The number of carbonyl (C=O) groups is 1. The van der Waals surface area contributed by atoms with Gasteiger partial charge in [0.25, 0.3) is 5.91 Å². The molecule has 1 unspecified atom stereocenters. The van der Waals surface area contributed by atoms with Crippen LogP contribution in [0.5, 0.6) is 11.5 Å². The first-order valence-corrected chi connectivity index (χ1v) is 9.23. The van der Waals surface area contributed by atoms with Crippen molar-refractivity contribution in [1.82, 2.24) is 10.2 Å². The minimum absolute atomic E-state index is 0.0340. The van der Waals surface area contributed by atoms with E-state index in [9.17, 15) is 9.90 Å². The summed E-state index contributed by atoms with van der Waals surface area (Å²) in [6.07, 6.45) is 0.582. The Morgan fingerprint density at radius 2 is 2.24 bits per heavy atom. The number of amides is 1. The van der Waals surface area contributed by atoms with Gasteiger partial charge in [0.15, 0.2) is 11.5 Å². The minimum atomic E-state index is -0.336. The molecule has 3 heterocycles. The van der Waals surface area contributed by atoms with Gasteiger partial charge in [0, 0.05) is 18.0 Å². The van der Waals surface area contributed by atoms with Crippen molar-refractivity contribution in [2.45, 2.75) is 26.1 Å². The normalized spacial score (nSPS) is 19.6. The van der Waals surface area contributed by atoms with Crippen molar-refractivity contribution in [3.63, 3.8) is 0 Å². The first-order valence-electron chi connectivity index (χ1n) is 8.42. The van der Waals surface area contributed by atoms with Crippen LogP contribution in [-0.2, 0) is 13.0 Å². The Bertz CT molecular complexity index is 833. The summed E-state index contributed by atoms with van der Waals surface area (Å²) in [6, 6.07) is 5.10. The molecule has 1 aromatic carbocycles. The highest BCUT2D eigenvalue weighted by atomic mass is 32.1. The highest BCUT2D eigenvalue weighted by Gasteiger charge is 2.33. The molecule has 3 N–H and O–H groups in total. The molecule has 0 saturated carbocycles. The molecule has 132 valence electrons. The first-order chi connectivity index (χ1) is 12.1. The number of thiophene rings is 1. The number of anilines is 1. The van der Waals surface area contributed by atoms with Crippen LogP contribution in [0.4, 0.5) is 5.00 Å². The summed E-state index contributed by atoms with van der Waals surface area (Å²) >= 11 is 1.68. The van der Waals surface area contributed by atoms with Crippen LogP contribution in [0.25, 0.3) is 0 Å². The van der Waals surface area contributed by atoms with E-state index < -0.39 is 0 Å². The number of nitrogens with one attached hydrogen (secondary N) is 2. The molecule has 7 heteroatoms. The molecule has 0 spiro atoms. The van der Waals surface area contributed by atoms with Crippen LogP contribution >= 0.6 is 11.3 Å². The Labute approximate surface area is 150 Å². The zero-order valence-corrected chi connectivity index (χ0v) is 15.1. The second-order valence-corrected chi connectivity index (χ2v) is 7.41. The smallest absolute Gasteiger partial charge is 0.256 e. The third-order valence-corrected chi connectivity index (χ3v) is 6.05. The molecule has 1 atom stereocenters. The number of hydrogen-bond donors (Lipinski definition) is 3. The van der Waals surface area contributed by atoms with Crippen molar-refractivity contribution in [2.75, 3.05) is 25.5 Å². The molecule has 0 radical (unpaired) electrons. The quantitative estimate of drug-likeness (QED) is 0.786. The van der Waals surface area contributed by atoms with Crippen molar-refractivity contribution in [3.05, 3.63) is 39.8 Å². The number of ether oxygens (including phenoxy) is 1. The molecule has 4 rings (SSSR count). The van der Waals surface area contributed by atoms with E-state index in [1.807, 2.05) is 0 Å². The van der Waals surface area contributed by atoms with Crippen LogP contribution < -0.4 is 15.4 Å². The lowest BCUT2D eigenvalue weighted by atomic mass is 10.0. The van der Waals surface area contributed by atoms with Crippen molar-refractivity contribution < 1.29 is 14.6 Å². The fourth-order valence-corrected chi connectivity index (χ4v) is 4.79. The Kier molecular flexibility index (Phi) is 4.05. The van der Waals surface area contributed by atoms with E-state index in [4.69, 9.17) is 4.74 Å². The number of benzene rings is 1. The molecular formula is C18H21N3O3S. The van der Waals surface area contributed by atoms with E-state index >= 15 is 0 Å². The van der Waals surface area contributed by atoms with Crippen LogP contribution in [0, 0.1) is 0 Å². The number of nitrogens with zero attached hydrogens (tertiary/aromatic N) is 1. The Hall–Kier alpha value is -2.25. The lowest BCUT2D eigenvalue weighted by Crippen LogP contribution is -2.38. The second kappa shape index (κ2) is 6.24. The summed E-state index contributed by atoms with van der Waals surface area (Å²) in [5, 5.41) is 17.2. The average Bonchev–Trinajstić information content (AvgIpc) is 2.99. The summed E-state index contributed by atoms with van der Waals surface area (Å²) in [5.41, 5.74) is 2.84. The number of methoxy groups -OCH3 is 1. The van der Waals surface area contributed by atoms with Gasteiger partial charge in [-0.05, 0) is 36.2 Å². The van der Waals surface area contributed by atoms with E-state index in [1.54, 1.807) is 29.5 Å². The second-order valence-electron chi connectivity index (χ2n) is 6.31. The van der Waals surface area contributed by atoms with E-state index in [0.717, 1.165) is 42.2 Å². The third-order valence-electron chi connectivity index (χ3n) is 4.90. The maximum absolute atomic E-state index is 12.7. The fraction of sp³-hybridized carbons (Fsp3) is 0.389. The van der Waals surface area contributed by atoms with Gasteiger partial charge < -0.3 is 20.5 Å². The van der Waals surface area contributed by atoms with E-state index in [0.29, 0.717) is 5.75 Å². The van der Waals surface area contributed by atoms with Gasteiger partial charge in [0.2, 0.25) is 0 Å². The first kappa shape index (κ1) is 16.2. The van der Waals surface area contributed by atoms with Gasteiger partial charge in [0.05, 0.1) is 12.7 Å². The topological polar surface area (TPSA) is 73.8 Å². The molecular weight excluding hydrogens is 338 g/mol. The van der Waals surface area contributed by atoms with E-state index in [1.165, 1.54) is 17.6 Å². The van der Waals surface area contributed by atoms with Crippen LogP contribution in [0.1, 0.15) is 39.5 Å². The molecule has 1 amide bonds. The summed E-state index contributed by atoms with van der Waals surface area (Å²) in [4.78, 5) is 16.4. The highest BCUT2D eigenvalue weighted by molar-refractivity contribution is 7.16. The van der Waals surface area contributed by atoms with Gasteiger partial charge in [-0.3, -0.25) is 9.69 Å². The Morgan fingerprint density at radius 1 is 1.40 bits per heavy atom. The zero-order chi connectivity index (χ0) is 17.6. The van der Waals surface area contributed by atoms with Crippen LogP contribution in [0.2, 0.25) is 0 Å². The maximum atomic E-state index is 12.7. The summed E-state index contributed by atoms with van der Waals surface area (Å²) in [6.45, 7) is 5.10. The molecule has 2 aliphatic heterocycles. The van der Waals surface area contributed by atoms with Crippen molar-refractivity contribution in [3.8, 4) is 11.5 Å². The lowest BCUT2D eigenvalue weighted by Gasteiger charge is -2.28. The molecule has 1 aromatic heterocycles. The molecule has 2 aliphatic rings. The van der Waals surface area contributed by atoms with E-state index in [-0.39, 0.29) is 17.8 Å². The molecule has 6 nitrogen and oxygen atoms in total. The van der Waals surface area contributed by atoms with E-state index in [2.05, 4.69) is 22.5 Å².